The van der Waals surface area contributed by atoms with Crippen LogP contribution in [0.15, 0.2) is 51.4 Å². The molecule has 2 aromatic carbocycles. The summed E-state index contributed by atoms with van der Waals surface area (Å²) in [6.45, 7) is 13.6. The molecular formula is C32H37ClN2O7S. The second-order valence-corrected chi connectivity index (χ2v) is 11.7. The number of methoxy groups -OCH3 is 1. The monoisotopic (exact) mass is 628 g/mol. The largest absolute Gasteiger partial charge is 0.493 e. The quantitative estimate of drug-likeness (QED) is 0.261. The zero-order valence-corrected chi connectivity index (χ0v) is 27.2. The lowest BCUT2D eigenvalue weighted by Gasteiger charge is -2.25. The molecule has 2 heterocycles. The minimum atomic E-state index is -0.802. The SMILES string of the molecule is CCOC(=O)C1=C(C)N=c2s/c(=C/c3cc(Cl)c(OC(C)C)c(OCC)c3)c(=O)n2[C@H]1c1ccc(OC(C)C)c(OC)c1. The Hall–Kier alpha value is -3.76. The van der Waals surface area contributed by atoms with Crippen LogP contribution in [0.1, 0.15) is 65.6 Å². The maximum atomic E-state index is 14.1. The molecule has 0 saturated heterocycles. The molecule has 0 amide bonds. The van der Waals surface area contributed by atoms with E-state index in [2.05, 4.69) is 4.99 Å². The lowest BCUT2D eigenvalue weighted by molar-refractivity contribution is -0.139. The molecule has 0 fully saturated rings. The summed E-state index contributed by atoms with van der Waals surface area (Å²) in [5.41, 5.74) is 1.73. The number of fused-ring (bicyclic) bond motifs is 1. The Labute approximate surface area is 260 Å². The summed E-state index contributed by atoms with van der Waals surface area (Å²) >= 11 is 7.81. The molecule has 0 unspecified atom stereocenters. The summed E-state index contributed by atoms with van der Waals surface area (Å²) < 4.78 is 30.5. The topological polar surface area (TPSA) is 97.6 Å². The molecule has 3 aromatic rings. The fourth-order valence-corrected chi connectivity index (χ4v) is 6.06. The van der Waals surface area contributed by atoms with E-state index in [1.165, 1.54) is 15.9 Å². The molecule has 230 valence electrons. The molecule has 4 rings (SSSR count). The van der Waals surface area contributed by atoms with Crippen molar-refractivity contribution in [3.63, 3.8) is 0 Å². The molecule has 43 heavy (non-hydrogen) atoms. The number of carbonyl (C=O) groups is 1. The van der Waals surface area contributed by atoms with Crippen LogP contribution in [0.5, 0.6) is 23.0 Å². The molecule has 0 aliphatic carbocycles. The van der Waals surface area contributed by atoms with Gasteiger partial charge in [0.25, 0.3) is 5.56 Å². The van der Waals surface area contributed by atoms with Gasteiger partial charge in [0.2, 0.25) is 0 Å². The molecule has 0 bridgehead atoms. The van der Waals surface area contributed by atoms with Crippen molar-refractivity contribution >= 4 is 35.0 Å². The molecule has 1 aliphatic rings. The molecule has 9 nitrogen and oxygen atoms in total. The summed E-state index contributed by atoms with van der Waals surface area (Å²) in [6.07, 6.45) is 1.56. The first-order valence-electron chi connectivity index (χ1n) is 14.2. The highest BCUT2D eigenvalue weighted by molar-refractivity contribution is 7.07. The number of carbonyl (C=O) groups excluding carboxylic acids is 1. The van der Waals surface area contributed by atoms with Gasteiger partial charge in [-0.25, -0.2) is 9.79 Å². The number of thiazole rings is 1. The number of ether oxygens (including phenoxy) is 5. The zero-order chi connectivity index (χ0) is 31.4. The average molecular weight is 629 g/mol. The fraction of sp³-hybridized carbons (Fsp3) is 0.406. The number of hydrogen-bond acceptors (Lipinski definition) is 9. The number of nitrogens with zero attached hydrogens (tertiary/aromatic N) is 2. The highest BCUT2D eigenvalue weighted by Gasteiger charge is 2.34. The third-order valence-electron chi connectivity index (χ3n) is 6.37. The number of esters is 1. The smallest absolute Gasteiger partial charge is 0.338 e. The van der Waals surface area contributed by atoms with Crippen LogP contribution in [0.3, 0.4) is 0 Å². The maximum absolute atomic E-state index is 14.1. The Morgan fingerprint density at radius 2 is 1.77 bits per heavy atom. The summed E-state index contributed by atoms with van der Waals surface area (Å²) in [6, 6.07) is 8.09. The van der Waals surface area contributed by atoms with E-state index < -0.39 is 12.0 Å². The zero-order valence-electron chi connectivity index (χ0n) is 25.6. The van der Waals surface area contributed by atoms with Gasteiger partial charge in [-0.05, 0) is 89.9 Å². The summed E-state index contributed by atoms with van der Waals surface area (Å²) in [5, 5.41) is 0.368. The Kier molecular flexibility index (Phi) is 10.2. The second-order valence-electron chi connectivity index (χ2n) is 10.3. The van der Waals surface area contributed by atoms with Crippen molar-refractivity contribution in [3.8, 4) is 23.0 Å². The minimum Gasteiger partial charge on any atom is -0.493 e. The molecule has 11 heteroatoms. The first kappa shape index (κ1) is 32.2. The van der Waals surface area contributed by atoms with E-state index in [1.54, 1.807) is 51.3 Å². The van der Waals surface area contributed by atoms with Gasteiger partial charge >= 0.3 is 5.97 Å². The van der Waals surface area contributed by atoms with Crippen molar-refractivity contribution < 1.29 is 28.5 Å². The van der Waals surface area contributed by atoms with Gasteiger partial charge in [0.1, 0.15) is 0 Å². The number of aromatic nitrogens is 1. The molecular weight excluding hydrogens is 592 g/mol. The normalized spacial score (nSPS) is 15.0. The van der Waals surface area contributed by atoms with Crippen molar-refractivity contribution in [2.45, 2.75) is 66.7 Å². The van der Waals surface area contributed by atoms with Crippen molar-refractivity contribution in [2.24, 2.45) is 4.99 Å². The minimum absolute atomic E-state index is 0.0718. The second kappa shape index (κ2) is 13.7. The summed E-state index contributed by atoms with van der Waals surface area (Å²) in [7, 11) is 1.55. The molecule has 1 aliphatic heterocycles. The fourth-order valence-electron chi connectivity index (χ4n) is 4.75. The summed E-state index contributed by atoms with van der Waals surface area (Å²) in [5.74, 6) is 1.42. The highest BCUT2D eigenvalue weighted by atomic mass is 35.5. The van der Waals surface area contributed by atoms with Gasteiger partial charge < -0.3 is 23.7 Å². The van der Waals surface area contributed by atoms with Gasteiger partial charge in [-0.1, -0.05) is 29.0 Å². The first-order chi connectivity index (χ1) is 20.5. The van der Waals surface area contributed by atoms with Crippen molar-refractivity contribution in [1.82, 2.24) is 4.57 Å². The van der Waals surface area contributed by atoms with Gasteiger partial charge in [-0.15, -0.1) is 0 Å². The van der Waals surface area contributed by atoms with E-state index in [1.807, 2.05) is 40.7 Å². The highest BCUT2D eigenvalue weighted by Crippen LogP contribution is 2.38. The number of hydrogen-bond donors (Lipinski definition) is 0. The van der Waals surface area contributed by atoms with Crippen LogP contribution in [0.2, 0.25) is 5.02 Å². The number of benzene rings is 2. The van der Waals surface area contributed by atoms with Crippen LogP contribution in [0.25, 0.3) is 6.08 Å². The van der Waals surface area contributed by atoms with E-state index in [-0.39, 0.29) is 29.9 Å². The lowest BCUT2D eigenvalue weighted by atomic mass is 9.95. The molecule has 0 spiro atoms. The van der Waals surface area contributed by atoms with Crippen LogP contribution in [-0.4, -0.2) is 43.1 Å². The van der Waals surface area contributed by atoms with Gasteiger partial charge in [-0.3, -0.25) is 9.36 Å². The van der Waals surface area contributed by atoms with Gasteiger partial charge in [0, 0.05) is 0 Å². The van der Waals surface area contributed by atoms with Crippen LogP contribution in [0, 0.1) is 0 Å². The number of halogens is 1. The molecule has 0 radical (unpaired) electrons. The van der Waals surface area contributed by atoms with Crippen molar-refractivity contribution in [3.05, 3.63) is 77.4 Å². The molecule has 1 atom stereocenters. The molecule has 1 aromatic heterocycles. The predicted molar refractivity (Wildman–Crippen MR) is 168 cm³/mol. The number of allylic oxidation sites excluding steroid dienone is 1. The van der Waals surface area contributed by atoms with Crippen LogP contribution in [0.4, 0.5) is 0 Å². The van der Waals surface area contributed by atoms with Gasteiger partial charge in [0.15, 0.2) is 27.8 Å². The molecule has 0 saturated carbocycles. The lowest BCUT2D eigenvalue weighted by Crippen LogP contribution is -2.40. The van der Waals surface area contributed by atoms with Gasteiger partial charge in [-0.2, -0.15) is 0 Å². The predicted octanol–water partition coefficient (Wildman–Crippen LogP) is 5.43. The van der Waals surface area contributed by atoms with E-state index >= 15 is 0 Å². The van der Waals surface area contributed by atoms with Crippen LogP contribution >= 0.6 is 22.9 Å². The number of rotatable bonds is 11. The first-order valence-corrected chi connectivity index (χ1v) is 15.4. The third kappa shape index (κ3) is 6.91. The van der Waals surface area contributed by atoms with Crippen LogP contribution in [-0.2, 0) is 9.53 Å². The maximum Gasteiger partial charge on any atom is 0.338 e. The van der Waals surface area contributed by atoms with Crippen molar-refractivity contribution in [2.75, 3.05) is 20.3 Å². The van der Waals surface area contributed by atoms with E-state index in [9.17, 15) is 9.59 Å². The Morgan fingerprint density at radius 1 is 1.05 bits per heavy atom. The Bertz CT molecular complexity index is 1720. The molecule has 0 N–H and O–H groups in total. The average Bonchev–Trinajstić information content (AvgIpc) is 3.23. The van der Waals surface area contributed by atoms with Crippen LogP contribution < -0.4 is 33.8 Å². The van der Waals surface area contributed by atoms with E-state index in [0.717, 1.165) is 0 Å². The van der Waals surface area contributed by atoms with E-state index in [0.29, 0.717) is 60.8 Å². The Balaban J connectivity index is 1.92. The standard InChI is InChI=1S/C32H37ClN2O7S/c1-9-39-25-14-20(13-22(33)29(25)42-18(5)6)15-26-30(36)35-28(21-11-12-23(41-17(3)4)24(16-21)38-8)27(31(37)40-10-2)19(7)34-32(35)43-26/h11-18,28H,9-10H2,1-8H3/b26-15+/t28-/m0/s1. The van der Waals surface area contributed by atoms with Gasteiger partial charge in [0.05, 0.1) is 59.4 Å². The Morgan fingerprint density at radius 3 is 2.40 bits per heavy atom. The summed E-state index contributed by atoms with van der Waals surface area (Å²) in [4.78, 5) is 32.4. The van der Waals surface area contributed by atoms with Crippen molar-refractivity contribution in [1.29, 1.82) is 0 Å². The third-order valence-corrected chi connectivity index (χ3v) is 7.63. The van der Waals surface area contributed by atoms with E-state index in [4.69, 9.17) is 35.3 Å².